The summed E-state index contributed by atoms with van der Waals surface area (Å²) in [4.78, 5) is 20.1. The summed E-state index contributed by atoms with van der Waals surface area (Å²) in [5.74, 6) is 1.11. The number of ether oxygens (including phenoxy) is 1. The standard InChI is InChI=1S/C25H31N3O3/c1-31-23-10-6-5-9-20(23)13-26-16-25(17-26)18-27(14-21-12-22(29)15-28(21)25)24(30)11-19-7-3-2-4-8-19/h2-10,21-22,29H,11-18H2,1H3/t21-,22-/m1/s1. The first-order valence-corrected chi connectivity index (χ1v) is 11.2. The Labute approximate surface area is 184 Å². The molecule has 0 radical (unpaired) electrons. The predicted octanol–water partition coefficient (Wildman–Crippen LogP) is 1.77. The van der Waals surface area contributed by atoms with Gasteiger partial charge in [0.25, 0.3) is 0 Å². The van der Waals surface area contributed by atoms with Gasteiger partial charge in [-0.05, 0) is 18.1 Å². The Morgan fingerprint density at radius 2 is 1.81 bits per heavy atom. The molecule has 1 N–H and O–H groups in total. The van der Waals surface area contributed by atoms with Crippen LogP contribution in [0.25, 0.3) is 0 Å². The molecule has 2 atom stereocenters. The molecule has 0 aliphatic carbocycles. The zero-order valence-electron chi connectivity index (χ0n) is 18.1. The zero-order valence-corrected chi connectivity index (χ0v) is 18.1. The minimum Gasteiger partial charge on any atom is -0.496 e. The molecule has 0 saturated carbocycles. The van der Waals surface area contributed by atoms with Gasteiger partial charge in [0.05, 0.1) is 25.2 Å². The lowest BCUT2D eigenvalue weighted by molar-refractivity contribution is -0.150. The van der Waals surface area contributed by atoms with Crippen LogP contribution in [0.2, 0.25) is 0 Å². The van der Waals surface area contributed by atoms with Crippen molar-refractivity contribution < 1.29 is 14.6 Å². The molecule has 2 aromatic rings. The maximum atomic E-state index is 13.1. The van der Waals surface area contributed by atoms with E-state index in [1.807, 2.05) is 53.4 Å². The molecule has 1 spiro atoms. The van der Waals surface area contributed by atoms with Crippen LogP contribution < -0.4 is 4.74 Å². The number of methoxy groups -OCH3 is 1. The van der Waals surface area contributed by atoms with Crippen LogP contribution in [0.4, 0.5) is 0 Å². The van der Waals surface area contributed by atoms with Crippen molar-refractivity contribution in [1.82, 2.24) is 14.7 Å². The number of hydrogen-bond acceptors (Lipinski definition) is 5. The maximum Gasteiger partial charge on any atom is 0.227 e. The minimum atomic E-state index is -0.297. The molecule has 1 amide bonds. The molecular weight excluding hydrogens is 390 g/mol. The van der Waals surface area contributed by atoms with Gasteiger partial charge in [-0.25, -0.2) is 0 Å². The van der Waals surface area contributed by atoms with Gasteiger partial charge in [0.15, 0.2) is 0 Å². The average Bonchev–Trinajstić information content (AvgIpc) is 3.14. The van der Waals surface area contributed by atoms with Gasteiger partial charge in [0, 0.05) is 50.9 Å². The van der Waals surface area contributed by atoms with Gasteiger partial charge in [-0.2, -0.15) is 0 Å². The lowest BCUT2D eigenvalue weighted by Crippen LogP contribution is -2.78. The van der Waals surface area contributed by atoms with Crippen molar-refractivity contribution in [1.29, 1.82) is 0 Å². The van der Waals surface area contributed by atoms with E-state index in [9.17, 15) is 9.90 Å². The third kappa shape index (κ3) is 3.95. The van der Waals surface area contributed by atoms with Gasteiger partial charge < -0.3 is 14.7 Å². The van der Waals surface area contributed by atoms with Gasteiger partial charge >= 0.3 is 0 Å². The van der Waals surface area contributed by atoms with Gasteiger partial charge in [0.1, 0.15) is 5.75 Å². The normalized spacial score (nSPS) is 25.3. The molecule has 0 aromatic heterocycles. The van der Waals surface area contributed by atoms with E-state index >= 15 is 0 Å². The fourth-order valence-electron chi connectivity index (χ4n) is 5.74. The molecule has 3 fully saturated rings. The molecule has 0 unspecified atom stereocenters. The Hall–Kier alpha value is -2.41. The third-order valence-electron chi connectivity index (χ3n) is 7.09. The number of fused-ring (bicyclic) bond motifs is 2. The van der Waals surface area contributed by atoms with Gasteiger partial charge in [-0.15, -0.1) is 0 Å². The van der Waals surface area contributed by atoms with Crippen molar-refractivity contribution in [3.8, 4) is 5.75 Å². The van der Waals surface area contributed by atoms with Crippen LogP contribution in [-0.2, 0) is 17.8 Å². The number of piperazine rings is 1. The van der Waals surface area contributed by atoms with Crippen LogP contribution in [0.3, 0.4) is 0 Å². The highest BCUT2D eigenvalue weighted by Crippen LogP contribution is 2.40. The van der Waals surface area contributed by atoms with Crippen molar-refractivity contribution >= 4 is 5.91 Å². The average molecular weight is 422 g/mol. The van der Waals surface area contributed by atoms with E-state index in [1.54, 1.807) is 7.11 Å². The van der Waals surface area contributed by atoms with Crippen LogP contribution in [0, 0.1) is 0 Å². The second-order valence-corrected chi connectivity index (χ2v) is 9.31. The quantitative estimate of drug-likeness (QED) is 0.798. The third-order valence-corrected chi connectivity index (χ3v) is 7.09. The summed E-state index contributed by atoms with van der Waals surface area (Å²) in [6, 6.07) is 18.4. The summed E-state index contributed by atoms with van der Waals surface area (Å²) in [7, 11) is 1.71. The molecule has 31 heavy (non-hydrogen) atoms. The van der Waals surface area contributed by atoms with Crippen molar-refractivity contribution in [2.24, 2.45) is 0 Å². The Morgan fingerprint density at radius 3 is 2.58 bits per heavy atom. The van der Waals surface area contributed by atoms with Gasteiger partial charge in [-0.1, -0.05) is 48.5 Å². The number of benzene rings is 2. The Kier molecular flexibility index (Phi) is 5.46. The summed E-state index contributed by atoms with van der Waals surface area (Å²) < 4.78 is 5.52. The molecule has 6 nitrogen and oxygen atoms in total. The van der Waals surface area contributed by atoms with Crippen molar-refractivity contribution in [2.75, 3.05) is 39.8 Å². The number of β-amino-alcohol motifs (C(OH)–C–C–N with tert-alkyl or cyclic N) is 1. The summed E-state index contributed by atoms with van der Waals surface area (Å²) in [5.41, 5.74) is 2.18. The number of carbonyl (C=O) groups is 1. The second-order valence-electron chi connectivity index (χ2n) is 9.31. The Morgan fingerprint density at radius 1 is 1.06 bits per heavy atom. The molecule has 5 rings (SSSR count). The van der Waals surface area contributed by atoms with Crippen LogP contribution in [0.1, 0.15) is 17.5 Å². The summed E-state index contributed by atoms with van der Waals surface area (Å²) in [5, 5.41) is 10.4. The molecular formula is C25H31N3O3. The molecule has 3 aliphatic heterocycles. The van der Waals surface area contributed by atoms with Crippen LogP contribution in [0.5, 0.6) is 5.75 Å². The van der Waals surface area contributed by atoms with E-state index in [-0.39, 0.29) is 23.6 Å². The topological polar surface area (TPSA) is 56.3 Å². The monoisotopic (exact) mass is 421 g/mol. The smallest absolute Gasteiger partial charge is 0.227 e. The highest BCUT2D eigenvalue weighted by molar-refractivity contribution is 5.79. The highest BCUT2D eigenvalue weighted by atomic mass is 16.5. The fourth-order valence-corrected chi connectivity index (χ4v) is 5.74. The Balaban J connectivity index is 1.30. The SMILES string of the molecule is COc1ccccc1CN1CC2(C1)CN(C(=O)Cc1ccccc1)C[C@H]1C[C@@H](O)CN12. The molecule has 3 heterocycles. The molecule has 3 saturated heterocycles. The zero-order chi connectivity index (χ0) is 21.4. The number of hydrogen-bond donors (Lipinski definition) is 1. The van der Waals surface area contributed by atoms with E-state index < -0.39 is 0 Å². The van der Waals surface area contributed by atoms with Crippen LogP contribution in [-0.4, -0.2) is 83.2 Å². The lowest BCUT2D eigenvalue weighted by atomic mass is 9.83. The minimum absolute atomic E-state index is 0.0608. The van der Waals surface area contributed by atoms with Crippen LogP contribution >= 0.6 is 0 Å². The van der Waals surface area contributed by atoms with Crippen molar-refractivity contribution in [2.45, 2.75) is 37.1 Å². The highest BCUT2D eigenvalue weighted by Gasteiger charge is 2.56. The number of para-hydroxylation sites is 1. The second kappa shape index (κ2) is 8.26. The number of nitrogens with zero attached hydrogens (tertiary/aromatic N) is 3. The van der Waals surface area contributed by atoms with E-state index in [0.717, 1.165) is 50.5 Å². The first-order valence-electron chi connectivity index (χ1n) is 11.2. The summed E-state index contributed by atoms with van der Waals surface area (Å²) >= 11 is 0. The first kappa shape index (κ1) is 20.5. The number of aliphatic hydroxyl groups is 1. The van der Waals surface area contributed by atoms with Crippen molar-refractivity contribution in [3.63, 3.8) is 0 Å². The van der Waals surface area contributed by atoms with Crippen LogP contribution in [0.15, 0.2) is 54.6 Å². The van der Waals surface area contributed by atoms with Gasteiger partial charge in [0.2, 0.25) is 5.91 Å². The number of likely N-dealkylation sites (tertiary alicyclic amines) is 1. The van der Waals surface area contributed by atoms with E-state index in [2.05, 4.69) is 15.9 Å². The van der Waals surface area contributed by atoms with E-state index in [4.69, 9.17) is 4.74 Å². The largest absolute Gasteiger partial charge is 0.496 e. The van der Waals surface area contributed by atoms with E-state index in [1.165, 1.54) is 5.56 Å². The number of aliphatic hydroxyl groups excluding tert-OH is 1. The molecule has 164 valence electrons. The molecule has 3 aliphatic rings. The summed E-state index contributed by atoms with van der Waals surface area (Å²) in [6.07, 6.45) is 0.898. The van der Waals surface area contributed by atoms with Crippen molar-refractivity contribution in [3.05, 3.63) is 65.7 Å². The molecule has 6 heteroatoms. The van der Waals surface area contributed by atoms with E-state index in [0.29, 0.717) is 13.0 Å². The molecule has 2 aromatic carbocycles. The lowest BCUT2D eigenvalue weighted by Gasteiger charge is -2.61. The number of amides is 1. The van der Waals surface area contributed by atoms with Gasteiger partial charge in [-0.3, -0.25) is 14.6 Å². The summed E-state index contributed by atoms with van der Waals surface area (Å²) in [6.45, 7) is 4.83. The maximum absolute atomic E-state index is 13.1. The first-order chi connectivity index (χ1) is 15.1. The Bertz CT molecular complexity index is 929. The predicted molar refractivity (Wildman–Crippen MR) is 119 cm³/mol. The molecule has 0 bridgehead atoms. The number of rotatable bonds is 5. The fraction of sp³-hybridized carbons (Fsp3) is 0.480. The number of carbonyl (C=O) groups excluding carboxylic acids is 1.